The van der Waals surface area contributed by atoms with E-state index in [1.165, 1.54) is 0 Å². The molecule has 0 aliphatic heterocycles. The third kappa shape index (κ3) is 3.47. The molecule has 0 saturated carbocycles. The van der Waals surface area contributed by atoms with Crippen molar-refractivity contribution in [3.8, 4) is 5.75 Å². The standard InChI is InChI=1S/C14H15BrN2O/c1-10(2)18-12-5-3-11(4-6-12)17-14-7-8-16-9-13(14)15/h3-10H,1-2H3,(H,16,17). The van der Waals surface area contributed by atoms with Crippen LogP contribution in [0.25, 0.3) is 0 Å². The highest BCUT2D eigenvalue weighted by Crippen LogP contribution is 2.25. The first kappa shape index (κ1) is 12.9. The summed E-state index contributed by atoms with van der Waals surface area (Å²) < 4.78 is 6.53. The lowest BCUT2D eigenvalue weighted by Crippen LogP contribution is -2.05. The van der Waals surface area contributed by atoms with Crippen LogP contribution in [0.3, 0.4) is 0 Å². The Hall–Kier alpha value is -1.55. The van der Waals surface area contributed by atoms with Crippen molar-refractivity contribution < 1.29 is 4.74 Å². The molecule has 0 fully saturated rings. The van der Waals surface area contributed by atoms with Crippen molar-refractivity contribution in [1.29, 1.82) is 0 Å². The van der Waals surface area contributed by atoms with Gasteiger partial charge in [-0.2, -0.15) is 0 Å². The lowest BCUT2D eigenvalue weighted by Gasteiger charge is -2.11. The molecule has 1 aromatic carbocycles. The van der Waals surface area contributed by atoms with Crippen LogP contribution in [0.1, 0.15) is 13.8 Å². The fraction of sp³-hybridized carbons (Fsp3) is 0.214. The summed E-state index contributed by atoms with van der Waals surface area (Å²) in [7, 11) is 0. The lowest BCUT2D eigenvalue weighted by molar-refractivity contribution is 0.242. The molecule has 18 heavy (non-hydrogen) atoms. The molecule has 0 unspecified atom stereocenters. The van der Waals surface area contributed by atoms with Crippen LogP contribution in [0, 0.1) is 0 Å². The Morgan fingerprint density at radius 1 is 1.17 bits per heavy atom. The highest BCUT2D eigenvalue weighted by molar-refractivity contribution is 9.10. The Morgan fingerprint density at radius 3 is 2.50 bits per heavy atom. The van der Waals surface area contributed by atoms with Gasteiger partial charge in [-0.15, -0.1) is 0 Å². The topological polar surface area (TPSA) is 34.1 Å². The molecule has 0 saturated heterocycles. The molecule has 0 spiro atoms. The summed E-state index contributed by atoms with van der Waals surface area (Å²) in [6, 6.07) is 9.81. The molecule has 0 bridgehead atoms. The van der Waals surface area contributed by atoms with Gasteiger partial charge in [0.05, 0.1) is 16.3 Å². The van der Waals surface area contributed by atoms with Crippen LogP contribution in [0.4, 0.5) is 11.4 Å². The summed E-state index contributed by atoms with van der Waals surface area (Å²) >= 11 is 3.45. The third-order valence-electron chi connectivity index (χ3n) is 2.28. The molecule has 0 aliphatic carbocycles. The van der Waals surface area contributed by atoms with Crippen molar-refractivity contribution in [2.75, 3.05) is 5.32 Å². The van der Waals surface area contributed by atoms with E-state index in [1.54, 1.807) is 12.4 Å². The maximum Gasteiger partial charge on any atom is 0.119 e. The number of hydrogen-bond acceptors (Lipinski definition) is 3. The van der Waals surface area contributed by atoms with Gasteiger partial charge < -0.3 is 10.1 Å². The van der Waals surface area contributed by atoms with Crippen molar-refractivity contribution in [2.45, 2.75) is 20.0 Å². The quantitative estimate of drug-likeness (QED) is 0.910. The number of ether oxygens (including phenoxy) is 1. The molecule has 0 amide bonds. The molecule has 0 radical (unpaired) electrons. The Morgan fingerprint density at radius 2 is 1.89 bits per heavy atom. The molecule has 2 aromatic rings. The maximum atomic E-state index is 5.60. The summed E-state index contributed by atoms with van der Waals surface area (Å²) in [6.45, 7) is 4.03. The van der Waals surface area contributed by atoms with E-state index in [9.17, 15) is 0 Å². The van der Waals surface area contributed by atoms with Gasteiger partial charge in [-0.1, -0.05) is 0 Å². The molecule has 94 valence electrons. The van der Waals surface area contributed by atoms with Gasteiger partial charge in [0.2, 0.25) is 0 Å². The third-order valence-corrected chi connectivity index (χ3v) is 2.91. The van der Waals surface area contributed by atoms with E-state index in [0.29, 0.717) is 0 Å². The van der Waals surface area contributed by atoms with Crippen molar-refractivity contribution in [3.05, 3.63) is 47.2 Å². The molecule has 4 heteroatoms. The molecule has 3 nitrogen and oxygen atoms in total. The molecule has 2 rings (SSSR count). The molecular formula is C14H15BrN2O. The number of hydrogen-bond donors (Lipinski definition) is 1. The number of benzene rings is 1. The first-order chi connectivity index (χ1) is 8.65. The van der Waals surface area contributed by atoms with E-state index in [4.69, 9.17) is 4.74 Å². The Balaban J connectivity index is 2.09. The highest BCUT2D eigenvalue weighted by atomic mass is 79.9. The molecular weight excluding hydrogens is 292 g/mol. The van der Waals surface area contributed by atoms with E-state index in [-0.39, 0.29) is 6.10 Å². The first-order valence-electron chi connectivity index (χ1n) is 5.78. The number of rotatable bonds is 4. The number of halogens is 1. The van der Waals surface area contributed by atoms with E-state index < -0.39 is 0 Å². The van der Waals surface area contributed by atoms with Crippen LogP contribution in [0.2, 0.25) is 0 Å². The minimum atomic E-state index is 0.193. The molecule has 1 N–H and O–H groups in total. The van der Waals surface area contributed by atoms with Gasteiger partial charge in [0.15, 0.2) is 0 Å². The lowest BCUT2D eigenvalue weighted by atomic mass is 10.3. The minimum absolute atomic E-state index is 0.193. The molecule has 1 aromatic heterocycles. The number of anilines is 2. The van der Waals surface area contributed by atoms with Gasteiger partial charge in [-0.05, 0) is 60.1 Å². The second kappa shape index (κ2) is 5.87. The van der Waals surface area contributed by atoms with E-state index in [1.807, 2.05) is 44.2 Å². The predicted octanol–water partition coefficient (Wildman–Crippen LogP) is 4.37. The average Bonchev–Trinajstić information content (AvgIpc) is 2.34. The van der Waals surface area contributed by atoms with E-state index in [2.05, 4.69) is 26.2 Å². The van der Waals surface area contributed by atoms with Crippen LogP contribution in [-0.4, -0.2) is 11.1 Å². The van der Waals surface area contributed by atoms with Crippen molar-refractivity contribution in [3.63, 3.8) is 0 Å². The van der Waals surface area contributed by atoms with Gasteiger partial charge in [-0.3, -0.25) is 4.98 Å². The molecule has 0 atom stereocenters. The van der Waals surface area contributed by atoms with Crippen LogP contribution >= 0.6 is 15.9 Å². The van der Waals surface area contributed by atoms with Gasteiger partial charge in [0.25, 0.3) is 0 Å². The van der Waals surface area contributed by atoms with Crippen LogP contribution < -0.4 is 10.1 Å². The van der Waals surface area contributed by atoms with Gasteiger partial charge in [0.1, 0.15) is 5.75 Å². The Bertz CT molecular complexity index is 511. The van der Waals surface area contributed by atoms with Gasteiger partial charge in [0, 0.05) is 18.1 Å². The van der Waals surface area contributed by atoms with Crippen LogP contribution in [0.15, 0.2) is 47.2 Å². The second-order valence-electron chi connectivity index (χ2n) is 4.17. The second-order valence-corrected chi connectivity index (χ2v) is 5.03. The van der Waals surface area contributed by atoms with Crippen molar-refractivity contribution >= 4 is 27.3 Å². The van der Waals surface area contributed by atoms with Gasteiger partial charge in [-0.25, -0.2) is 0 Å². The average molecular weight is 307 g/mol. The maximum absolute atomic E-state index is 5.60. The largest absolute Gasteiger partial charge is 0.491 e. The molecule has 1 heterocycles. The Kier molecular flexibility index (Phi) is 4.20. The number of pyridine rings is 1. The summed E-state index contributed by atoms with van der Waals surface area (Å²) in [5.74, 6) is 0.879. The summed E-state index contributed by atoms with van der Waals surface area (Å²) in [4.78, 5) is 4.03. The zero-order chi connectivity index (χ0) is 13.0. The Labute approximate surface area is 115 Å². The van der Waals surface area contributed by atoms with E-state index in [0.717, 1.165) is 21.6 Å². The highest BCUT2D eigenvalue weighted by Gasteiger charge is 2.01. The predicted molar refractivity (Wildman–Crippen MR) is 77.4 cm³/mol. The normalized spacial score (nSPS) is 10.4. The van der Waals surface area contributed by atoms with Gasteiger partial charge >= 0.3 is 0 Å². The van der Waals surface area contributed by atoms with E-state index >= 15 is 0 Å². The number of nitrogens with zero attached hydrogens (tertiary/aromatic N) is 1. The SMILES string of the molecule is CC(C)Oc1ccc(Nc2ccncc2Br)cc1. The van der Waals surface area contributed by atoms with Crippen LogP contribution in [0.5, 0.6) is 5.75 Å². The fourth-order valence-corrected chi connectivity index (χ4v) is 1.87. The van der Waals surface area contributed by atoms with Crippen molar-refractivity contribution in [1.82, 2.24) is 4.98 Å². The zero-order valence-electron chi connectivity index (χ0n) is 10.4. The number of nitrogens with one attached hydrogen (secondary N) is 1. The first-order valence-corrected chi connectivity index (χ1v) is 6.57. The van der Waals surface area contributed by atoms with Crippen LogP contribution in [-0.2, 0) is 0 Å². The number of aromatic nitrogens is 1. The monoisotopic (exact) mass is 306 g/mol. The summed E-state index contributed by atoms with van der Waals surface area (Å²) in [5.41, 5.74) is 2.00. The zero-order valence-corrected chi connectivity index (χ0v) is 11.9. The minimum Gasteiger partial charge on any atom is -0.491 e. The molecule has 0 aliphatic rings. The summed E-state index contributed by atoms with van der Waals surface area (Å²) in [6.07, 6.45) is 3.71. The smallest absolute Gasteiger partial charge is 0.119 e. The van der Waals surface area contributed by atoms with Crippen molar-refractivity contribution in [2.24, 2.45) is 0 Å². The fourth-order valence-electron chi connectivity index (χ4n) is 1.52. The summed E-state index contributed by atoms with van der Waals surface area (Å²) in [5, 5.41) is 3.31.